The van der Waals surface area contributed by atoms with Crippen LogP contribution in [0.5, 0.6) is 0 Å². The smallest absolute Gasteiger partial charge is 0.254 e. The molecular weight excluding hydrogens is 192 g/mol. The molecule has 0 aromatic carbocycles. The minimum atomic E-state index is -0.622. The maximum Gasteiger partial charge on any atom is 0.254 e. The van der Waals surface area contributed by atoms with E-state index in [0.29, 0.717) is 5.70 Å². The lowest BCUT2D eigenvalue weighted by Crippen LogP contribution is -2.30. The molecule has 0 aromatic heterocycles. The molecule has 4 nitrogen and oxygen atoms in total. The monoisotopic (exact) mass is 206 g/mol. The van der Waals surface area contributed by atoms with Gasteiger partial charge in [-0.25, -0.2) is 0 Å². The summed E-state index contributed by atoms with van der Waals surface area (Å²) in [6.07, 6.45) is 1.94. The summed E-state index contributed by atoms with van der Waals surface area (Å²) in [5, 5.41) is 9.86. The Balaban J connectivity index is 2.58. The number of primary amides is 1. The van der Waals surface area contributed by atoms with Crippen LogP contribution in [0.15, 0.2) is 34.9 Å². The molecule has 0 radical (unpaired) electrons. The lowest BCUT2D eigenvalue weighted by atomic mass is 9.99. The van der Waals surface area contributed by atoms with Gasteiger partial charge in [0.05, 0.1) is 5.70 Å². The summed E-state index contributed by atoms with van der Waals surface area (Å²) in [4.78, 5) is 13.2. The summed E-state index contributed by atoms with van der Waals surface area (Å²) in [7, 11) is 0. The highest BCUT2D eigenvalue weighted by Crippen LogP contribution is 2.38. The summed E-state index contributed by atoms with van der Waals surface area (Å²) in [5.74, 6) is -0.636. The van der Waals surface area contributed by atoms with Crippen molar-refractivity contribution in [3.05, 3.63) is 34.9 Å². The Kier molecular flexibility index (Phi) is 2.07. The normalized spacial score (nSPS) is 21.1. The molecule has 3 N–H and O–H groups in total. The minimum absolute atomic E-state index is 0.0133. The third kappa shape index (κ3) is 1.25. The van der Waals surface area contributed by atoms with Crippen LogP contribution in [0.2, 0.25) is 0 Å². The number of nitrogens with zero attached hydrogens (tertiary/aromatic N) is 1. The first-order valence-corrected chi connectivity index (χ1v) is 4.94. The molecule has 2 rings (SSSR count). The van der Waals surface area contributed by atoms with Crippen LogP contribution in [0.1, 0.15) is 19.8 Å². The third-order valence-corrected chi connectivity index (χ3v) is 3.01. The van der Waals surface area contributed by atoms with Gasteiger partial charge in [-0.3, -0.25) is 4.79 Å². The number of fused-ring (bicyclic) bond motifs is 1. The van der Waals surface area contributed by atoms with Crippen LogP contribution in [0, 0.1) is 0 Å². The summed E-state index contributed by atoms with van der Waals surface area (Å²) in [5.41, 5.74) is 7.71. The number of allylic oxidation sites excluding steroid dienone is 2. The van der Waals surface area contributed by atoms with Crippen LogP contribution in [0.25, 0.3) is 0 Å². The lowest BCUT2D eigenvalue weighted by molar-refractivity contribution is -0.114. The zero-order chi connectivity index (χ0) is 11.2. The van der Waals surface area contributed by atoms with Crippen LogP contribution in [0.3, 0.4) is 0 Å². The van der Waals surface area contributed by atoms with E-state index >= 15 is 0 Å². The van der Waals surface area contributed by atoms with Crippen molar-refractivity contribution in [2.24, 2.45) is 5.73 Å². The van der Waals surface area contributed by atoms with E-state index in [1.807, 2.05) is 4.90 Å². The standard InChI is InChI=1S/C11H14N2O2/c1-6-8-4-3-5-13(8)7(2)9(10(6)14)11(12)15/h14H,2-5H2,1H3,(H2,12,15). The van der Waals surface area contributed by atoms with Gasteiger partial charge in [0, 0.05) is 17.8 Å². The lowest BCUT2D eigenvalue weighted by Gasteiger charge is -2.29. The number of carbonyl (C=O) groups is 1. The molecule has 0 spiro atoms. The molecule has 0 atom stereocenters. The van der Waals surface area contributed by atoms with Crippen LogP contribution in [-0.2, 0) is 4.79 Å². The highest BCUT2D eigenvalue weighted by atomic mass is 16.3. The molecule has 15 heavy (non-hydrogen) atoms. The minimum Gasteiger partial charge on any atom is -0.507 e. The zero-order valence-corrected chi connectivity index (χ0v) is 8.71. The number of nitrogens with two attached hydrogens (primary N) is 1. The Morgan fingerprint density at radius 3 is 2.87 bits per heavy atom. The van der Waals surface area contributed by atoms with Crippen molar-refractivity contribution in [1.29, 1.82) is 0 Å². The van der Waals surface area contributed by atoms with Crippen LogP contribution in [-0.4, -0.2) is 22.5 Å². The van der Waals surface area contributed by atoms with Crippen molar-refractivity contribution < 1.29 is 9.90 Å². The van der Waals surface area contributed by atoms with Gasteiger partial charge in [-0.05, 0) is 19.8 Å². The number of aliphatic hydroxyl groups excluding tert-OH is 1. The first-order chi connectivity index (χ1) is 7.04. The van der Waals surface area contributed by atoms with E-state index in [2.05, 4.69) is 6.58 Å². The molecule has 1 saturated heterocycles. The van der Waals surface area contributed by atoms with Gasteiger partial charge in [0.1, 0.15) is 11.3 Å². The Labute approximate surface area is 88.4 Å². The zero-order valence-electron chi connectivity index (χ0n) is 8.71. The first kappa shape index (κ1) is 9.83. The van der Waals surface area contributed by atoms with Crippen molar-refractivity contribution in [2.45, 2.75) is 19.8 Å². The first-order valence-electron chi connectivity index (χ1n) is 4.94. The molecule has 4 heteroatoms. The van der Waals surface area contributed by atoms with Crippen LogP contribution < -0.4 is 5.73 Å². The third-order valence-electron chi connectivity index (χ3n) is 3.01. The van der Waals surface area contributed by atoms with Gasteiger partial charge in [0.25, 0.3) is 5.91 Å². The predicted molar refractivity (Wildman–Crippen MR) is 56.6 cm³/mol. The molecule has 80 valence electrons. The van der Waals surface area contributed by atoms with Gasteiger partial charge in [0.2, 0.25) is 0 Å². The van der Waals surface area contributed by atoms with E-state index in [0.717, 1.165) is 30.7 Å². The van der Waals surface area contributed by atoms with Crippen molar-refractivity contribution in [2.75, 3.05) is 6.54 Å². The van der Waals surface area contributed by atoms with E-state index in [1.54, 1.807) is 6.92 Å². The fourth-order valence-corrected chi connectivity index (χ4v) is 2.22. The van der Waals surface area contributed by atoms with Crippen molar-refractivity contribution in [3.63, 3.8) is 0 Å². The molecule has 2 aliphatic rings. The quantitative estimate of drug-likeness (QED) is 0.677. The molecule has 1 fully saturated rings. The molecule has 0 bridgehead atoms. The van der Waals surface area contributed by atoms with Crippen molar-refractivity contribution >= 4 is 5.91 Å². The maximum atomic E-state index is 11.2. The Bertz CT molecular complexity index is 418. The van der Waals surface area contributed by atoms with Gasteiger partial charge in [0.15, 0.2) is 0 Å². The molecule has 1 amide bonds. The predicted octanol–water partition coefficient (Wildman–Crippen LogP) is 1.18. The summed E-state index contributed by atoms with van der Waals surface area (Å²) in [6.45, 7) is 6.46. The van der Waals surface area contributed by atoms with Gasteiger partial charge >= 0.3 is 0 Å². The summed E-state index contributed by atoms with van der Waals surface area (Å²) in [6, 6.07) is 0. The number of carbonyl (C=O) groups excluding carboxylic acids is 1. The molecule has 0 aromatic rings. The van der Waals surface area contributed by atoms with E-state index < -0.39 is 5.91 Å². The Morgan fingerprint density at radius 2 is 2.27 bits per heavy atom. The SMILES string of the molecule is C=C1C(C(N)=O)=C(O)C(C)=C2CCCN12. The van der Waals surface area contributed by atoms with Crippen LogP contribution >= 0.6 is 0 Å². The number of rotatable bonds is 1. The summed E-state index contributed by atoms with van der Waals surface area (Å²) < 4.78 is 0. The number of amides is 1. The van der Waals surface area contributed by atoms with Gasteiger partial charge < -0.3 is 15.7 Å². The second kappa shape index (κ2) is 3.15. The molecular formula is C11H14N2O2. The van der Waals surface area contributed by atoms with E-state index in [1.165, 1.54) is 0 Å². The number of aliphatic hydroxyl groups is 1. The van der Waals surface area contributed by atoms with Gasteiger partial charge in [-0.15, -0.1) is 0 Å². The molecule has 2 aliphatic heterocycles. The van der Waals surface area contributed by atoms with Gasteiger partial charge in [-0.1, -0.05) is 6.58 Å². The van der Waals surface area contributed by atoms with Gasteiger partial charge in [-0.2, -0.15) is 0 Å². The Morgan fingerprint density at radius 1 is 1.60 bits per heavy atom. The average Bonchev–Trinajstić information content (AvgIpc) is 2.62. The summed E-state index contributed by atoms with van der Waals surface area (Å²) >= 11 is 0. The fourth-order valence-electron chi connectivity index (χ4n) is 2.22. The number of hydrogen-bond donors (Lipinski definition) is 2. The van der Waals surface area contributed by atoms with Crippen LogP contribution in [0.4, 0.5) is 0 Å². The van der Waals surface area contributed by atoms with E-state index in [9.17, 15) is 9.90 Å². The second-order valence-electron chi connectivity index (χ2n) is 3.86. The molecule has 0 aliphatic carbocycles. The maximum absolute atomic E-state index is 11.2. The van der Waals surface area contributed by atoms with Crippen molar-refractivity contribution in [3.8, 4) is 0 Å². The topological polar surface area (TPSA) is 66.6 Å². The van der Waals surface area contributed by atoms with E-state index in [-0.39, 0.29) is 11.3 Å². The number of hydrogen-bond acceptors (Lipinski definition) is 3. The average molecular weight is 206 g/mol. The van der Waals surface area contributed by atoms with E-state index in [4.69, 9.17) is 5.73 Å². The highest BCUT2D eigenvalue weighted by Gasteiger charge is 2.32. The Hall–Kier alpha value is -1.71. The molecule has 0 saturated carbocycles. The fraction of sp³-hybridized carbons (Fsp3) is 0.364. The molecule has 0 unspecified atom stereocenters. The largest absolute Gasteiger partial charge is 0.507 e. The highest BCUT2D eigenvalue weighted by molar-refractivity contribution is 5.98. The van der Waals surface area contributed by atoms with Crippen molar-refractivity contribution in [1.82, 2.24) is 4.90 Å². The second-order valence-corrected chi connectivity index (χ2v) is 3.86. The molecule has 2 heterocycles.